The number of rotatable bonds is 7. The van der Waals surface area contributed by atoms with Gasteiger partial charge in [0, 0.05) is 24.8 Å². The second-order valence-corrected chi connectivity index (χ2v) is 7.31. The van der Waals surface area contributed by atoms with E-state index >= 15 is 0 Å². The molecule has 0 aliphatic carbocycles. The van der Waals surface area contributed by atoms with Crippen molar-refractivity contribution in [2.45, 2.75) is 26.3 Å². The van der Waals surface area contributed by atoms with Crippen molar-refractivity contribution < 1.29 is 18.7 Å². The molecule has 32 heavy (non-hydrogen) atoms. The molecule has 0 unspecified atom stereocenters. The van der Waals surface area contributed by atoms with Gasteiger partial charge in [-0.15, -0.1) is 0 Å². The van der Waals surface area contributed by atoms with E-state index in [9.17, 15) is 18.8 Å². The molecule has 0 saturated heterocycles. The molecule has 4 aromatic rings. The lowest BCUT2D eigenvalue weighted by atomic mass is 10.2. The van der Waals surface area contributed by atoms with Crippen LogP contribution in [0.4, 0.5) is 10.1 Å². The zero-order valence-corrected chi connectivity index (χ0v) is 17.5. The van der Waals surface area contributed by atoms with Crippen LogP contribution in [0.2, 0.25) is 0 Å². The van der Waals surface area contributed by atoms with Crippen LogP contribution in [-0.4, -0.2) is 27.5 Å². The second-order valence-electron chi connectivity index (χ2n) is 7.31. The van der Waals surface area contributed by atoms with Crippen LogP contribution in [0.3, 0.4) is 0 Å². The minimum Gasteiger partial charge on any atom is -0.462 e. The van der Waals surface area contributed by atoms with E-state index in [1.165, 1.54) is 16.7 Å². The number of carbonyl (C=O) groups is 2. The maximum absolute atomic E-state index is 13.9. The number of aryl methyl sites for hydroxylation is 1. The van der Waals surface area contributed by atoms with Crippen LogP contribution in [-0.2, 0) is 16.1 Å². The van der Waals surface area contributed by atoms with Gasteiger partial charge >= 0.3 is 5.97 Å². The summed E-state index contributed by atoms with van der Waals surface area (Å²) in [7, 11) is 0. The SMILES string of the molecule is CCOC(=O)c1cccc(NC(=O)CCCn2c(=O)c3cccn3c3ccc(F)cc32)c1. The summed E-state index contributed by atoms with van der Waals surface area (Å²) in [6.45, 7) is 2.25. The van der Waals surface area contributed by atoms with Gasteiger partial charge < -0.3 is 19.0 Å². The molecule has 0 atom stereocenters. The van der Waals surface area contributed by atoms with Crippen LogP contribution in [0.15, 0.2) is 65.6 Å². The highest BCUT2D eigenvalue weighted by molar-refractivity contribution is 5.94. The normalized spacial score (nSPS) is 11.1. The number of esters is 1. The van der Waals surface area contributed by atoms with Crippen molar-refractivity contribution in [2.24, 2.45) is 0 Å². The number of benzene rings is 2. The number of hydrogen-bond acceptors (Lipinski definition) is 4. The van der Waals surface area contributed by atoms with Gasteiger partial charge in [0.25, 0.3) is 5.56 Å². The Balaban J connectivity index is 1.48. The highest BCUT2D eigenvalue weighted by atomic mass is 19.1. The minimum atomic E-state index is -0.456. The Labute approximate surface area is 183 Å². The molecule has 7 nitrogen and oxygen atoms in total. The van der Waals surface area contributed by atoms with E-state index < -0.39 is 11.8 Å². The predicted octanol–water partition coefficient (Wildman–Crippen LogP) is 3.99. The second kappa shape index (κ2) is 9.05. The van der Waals surface area contributed by atoms with Crippen LogP contribution in [0.25, 0.3) is 16.6 Å². The summed E-state index contributed by atoms with van der Waals surface area (Å²) in [5, 5.41) is 2.75. The maximum atomic E-state index is 13.9. The molecule has 1 amide bonds. The molecule has 0 aliphatic rings. The molecule has 0 aliphatic heterocycles. The first-order valence-corrected chi connectivity index (χ1v) is 10.3. The molecular weight excluding hydrogens is 413 g/mol. The van der Waals surface area contributed by atoms with Crippen molar-refractivity contribution in [3.8, 4) is 0 Å². The average Bonchev–Trinajstić information content (AvgIpc) is 3.26. The highest BCUT2D eigenvalue weighted by Gasteiger charge is 2.13. The number of anilines is 1. The number of hydrogen-bond donors (Lipinski definition) is 1. The number of aromatic nitrogens is 2. The Morgan fingerprint density at radius 1 is 1.03 bits per heavy atom. The molecule has 4 rings (SSSR count). The van der Waals surface area contributed by atoms with Gasteiger partial charge in [-0.2, -0.15) is 0 Å². The first-order valence-electron chi connectivity index (χ1n) is 10.3. The summed E-state index contributed by atoms with van der Waals surface area (Å²) in [4.78, 5) is 37.2. The fourth-order valence-corrected chi connectivity index (χ4v) is 3.71. The molecule has 0 spiro atoms. The number of carbonyl (C=O) groups excluding carboxylic acids is 2. The van der Waals surface area contributed by atoms with E-state index in [1.54, 1.807) is 60.0 Å². The van der Waals surface area contributed by atoms with Gasteiger partial charge in [0.2, 0.25) is 5.91 Å². The third-order valence-corrected chi connectivity index (χ3v) is 5.14. The number of ether oxygens (including phenoxy) is 1. The first-order chi connectivity index (χ1) is 15.5. The monoisotopic (exact) mass is 435 g/mol. The summed E-state index contributed by atoms with van der Waals surface area (Å²) in [6.07, 6.45) is 2.30. The highest BCUT2D eigenvalue weighted by Crippen LogP contribution is 2.18. The molecule has 2 aromatic carbocycles. The molecule has 2 heterocycles. The Kier molecular flexibility index (Phi) is 6.02. The van der Waals surface area contributed by atoms with E-state index in [-0.39, 0.29) is 31.0 Å². The van der Waals surface area contributed by atoms with Gasteiger partial charge in [0.1, 0.15) is 11.3 Å². The van der Waals surface area contributed by atoms with E-state index in [2.05, 4.69) is 5.32 Å². The number of nitrogens with one attached hydrogen (secondary N) is 1. The van der Waals surface area contributed by atoms with Crippen molar-refractivity contribution in [1.82, 2.24) is 8.97 Å². The molecular formula is C24H22FN3O4. The van der Waals surface area contributed by atoms with Crippen molar-refractivity contribution in [3.05, 3.63) is 82.5 Å². The predicted molar refractivity (Wildman–Crippen MR) is 119 cm³/mol. The zero-order chi connectivity index (χ0) is 22.7. The van der Waals surface area contributed by atoms with Gasteiger partial charge in [-0.25, -0.2) is 9.18 Å². The lowest BCUT2D eigenvalue weighted by Gasteiger charge is -2.13. The molecule has 164 valence electrons. The third-order valence-electron chi connectivity index (χ3n) is 5.14. The largest absolute Gasteiger partial charge is 0.462 e. The maximum Gasteiger partial charge on any atom is 0.338 e. The standard InChI is InChI=1S/C24H22FN3O4/c1-2-32-24(31)16-6-3-7-18(14-16)26-22(29)9-5-13-28-21-15-17(25)10-11-19(21)27-12-4-8-20(27)23(28)30/h3-4,6-8,10-12,14-15H,2,5,9,13H2,1H3,(H,26,29). The van der Waals surface area contributed by atoms with Crippen molar-refractivity contribution in [3.63, 3.8) is 0 Å². The van der Waals surface area contributed by atoms with Crippen LogP contribution in [0, 0.1) is 5.82 Å². The van der Waals surface area contributed by atoms with E-state index in [0.29, 0.717) is 34.2 Å². The Hall–Kier alpha value is -3.94. The van der Waals surface area contributed by atoms with Gasteiger partial charge in [0.15, 0.2) is 0 Å². The molecule has 0 fully saturated rings. The molecule has 0 radical (unpaired) electrons. The quantitative estimate of drug-likeness (QED) is 0.445. The number of nitrogens with zero attached hydrogens (tertiary/aromatic N) is 2. The summed E-state index contributed by atoms with van der Waals surface area (Å²) < 4.78 is 22.1. The molecule has 0 saturated carbocycles. The number of amides is 1. The van der Waals surface area contributed by atoms with Gasteiger partial charge in [0.05, 0.1) is 23.2 Å². The lowest BCUT2D eigenvalue weighted by Crippen LogP contribution is -2.23. The fraction of sp³-hybridized carbons (Fsp3) is 0.208. The summed E-state index contributed by atoms with van der Waals surface area (Å²) in [6, 6.07) is 14.3. The lowest BCUT2D eigenvalue weighted by molar-refractivity contribution is -0.116. The Bertz CT molecular complexity index is 1370. The smallest absolute Gasteiger partial charge is 0.338 e. The number of fused-ring (bicyclic) bond motifs is 3. The summed E-state index contributed by atoms with van der Waals surface area (Å²) >= 11 is 0. The summed E-state index contributed by atoms with van der Waals surface area (Å²) in [5.41, 5.74) is 2.28. The molecule has 2 aromatic heterocycles. The first kappa shape index (κ1) is 21.3. The minimum absolute atomic E-state index is 0.152. The third kappa shape index (κ3) is 4.25. The molecule has 0 bridgehead atoms. The van der Waals surface area contributed by atoms with Crippen molar-refractivity contribution in [2.75, 3.05) is 11.9 Å². The Morgan fingerprint density at radius 3 is 2.69 bits per heavy atom. The molecule has 8 heteroatoms. The zero-order valence-electron chi connectivity index (χ0n) is 17.5. The van der Waals surface area contributed by atoms with Crippen LogP contribution in [0.1, 0.15) is 30.1 Å². The topological polar surface area (TPSA) is 81.8 Å². The van der Waals surface area contributed by atoms with Crippen molar-refractivity contribution >= 4 is 34.1 Å². The van der Waals surface area contributed by atoms with E-state index in [1.807, 2.05) is 0 Å². The van der Waals surface area contributed by atoms with E-state index in [0.717, 1.165) is 0 Å². The fourth-order valence-electron chi connectivity index (χ4n) is 3.71. The van der Waals surface area contributed by atoms with Crippen LogP contribution in [0.5, 0.6) is 0 Å². The Morgan fingerprint density at radius 2 is 1.88 bits per heavy atom. The van der Waals surface area contributed by atoms with E-state index in [4.69, 9.17) is 4.74 Å². The van der Waals surface area contributed by atoms with Crippen LogP contribution < -0.4 is 10.9 Å². The molecule has 1 N–H and O–H groups in total. The van der Waals surface area contributed by atoms with Crippen molar-refractivity contribution in [1.29, 1.82) is 0 Å². The van der Waals surface area contributed by atoms with Gasteiger partial charge in [-0.1, -0.05) is 6.07 Å². The number of halogens is 1. The van der Waals surface area contributed by atoms with Gasteiger partial charge in [-0.05, 0) is 61.9 Å². The summed E-state index contributed by atoms with van der Waals surface area (Å²) in [5.74, 6) is -1.14. The van der Waals surface area contributed by atoms with Gasteiger partial charge in [-0.3, -0.25) is 9.59 Å². The average molecular weight is 435 g/mol. The van der Waals surface area contributed by atoms with Crippen LogP contribution >= 0.6 is 0 Å².